The number of carbonyl (C=O) groups is 2. The summed E-state index contributed by atoms with van der Waals surface area (Å²) in [7, 11) is 4.22. The molecule has 0 aliphatic heterocycles. The SMILES string of the molecule is COC(=O)[C@H](Cc1ccc(-c2c(OC)cnn(C)c2=O)cc1)NC(=O)c1ccc(OCCOCCOCCOCCN=[N+]=[N-])nc1Cl. The van der Waals surface area contributed by atoms with Crippen LogP contribution >= 0.6 is 11.6 Å². The minimum atomic E-state index is -1.04. The van der Waals surface area contributed by atoms with Crippen LogP contribution in [0, 0.1) is 0 Å². The van der Waals surface area contributed by atoms with Crippen LogP contribution in [0.5, 0.6) is 11.6 Å². The van der Waals surface area contributed by atoms with Crippen LogP contribution in [-0.2, 0) is 37.2 Å². The van der Waals surface area contributed by atoms with Crippen LogP contribution in [0.25, 0.3) is 21.6 Å². The number of methoxy groups -OCH3 is 2. The lowest BCUT2D eigenvalue weighted by atomic mass is 10.0. The van der Waals surface area contributed by atoms with Crippen LogP contribution in [0.2, 0.25) is 5.15 Å². The van der Waals surface area contributed by atoms with Gasteiger partial charge < -0.3 is 33.7 Å². The Hall–Kier alpha value is -4.73. The third kappa shape index (κ3) is 11.5. The standard InChI is InChI=1S/C30H36ClN7O9/c1-38-29(40)26(24(42-2)19-34-38)21-6-4-20(5-7-21)18-23(30(41)43-3)35-28(39)22-8-9-25(36-27(22)31)47-17-16-46-15-14-45-13-12-44-11-10-33-37-32/h4-9,19,23H,10-18H2,1-3H3,(H,35,39)/t23-/m0/s1. The Kier molecular flexibility index (Phi) is 15.4. The van der Waals surface area contributed by atoms with Crippen LogP contribution in [-0.4, -0.2) is 99.7 Å². The number of nitrogens with one attached hydrogen (secondary N) is 1. The zero-order valence-corrected chi connectivity index (χ0v) is 27.0. The molecule has 1 atom stereocenters. The quantitative estimate of drug-likeness (QED) is 0.0462. The van der Waals surface area contributed by atoms with E-state index in [0.29, 0.717) is 55.5 Å². The van der Waals surface area contributed by atoms with E-state index >= 15 is 0 Å². The summed E-state index contributed by atoms with van der Waals surface area (Å²) in [6, 6.07) is 8.80. The number of pyridine rings is 1. The molecular weight excluding hydrogens is 638 g/mol. The zero-order chi connectivity index (χ0) is 34.0. The van der Waals surface area contributed by atoms with Gasteiger partial charge in [0.15, 0.2) is 5.75 Å². The van der Waals surface area contributed by atoms with Crippen molar-refractivity contribution in [2.45, 2.75) is 12.5 Å². The van der Waals surface area contributed by atoms with Crippen molar-refractivity contribution in [3.63, 3.8) is 0 Å². The monoisotopic (exact) mass is 673 g/mol. The number of aryl methyl sites for hydroxylation is 1. The first-order chi connectivity index (χ1) is 22.8. The second-order valence-electron chi connectivity index (χ2n) is 9.59. The molecule has 0 bridgehead atoms. The number of esters is 1. The molecule has 0 saturated heterocycles. The highest BCUT2D eigenvalue weighted by Gasteiger charge is 2.24. The molecule has 1 N–H and O–H groups in total. The van der Waals surface area contributed by atoms with Crippen LogP contribution in [0.1, 0.15) is 15.9 Å². The van der Waals surface area contributed by atoms with Crippen molar-refractivity contribution in [1.82, 2.24) is 20.1 Å². The Morgan fingerprint density at radius 2 is 1.66 bits per heavy atom. The summed E-state index contributed by atoms with van der Waals surface area (Å²) in [5.74, 6) is -0.765. The number of carbonyl (C=O) groups excluding carboxylic acids is 2. The smallest absolute Gasteiger partial charge is 0.328 e. The predicted molar refractivity (Wildman–Crippen MR) is 170 cm³/mol. The number of rotatable bonds is 20. The maximum Gasteiger partial charge on any atom is 0.328 e. The Bertz CT molecular complexity index is 1580. The van der Waals surface area contributed by atoms with Gasteiger partial charge in [0.1, 0.15) is 17.8 Å². The number of amides is 1. The van der Waals surface area contributed by atoms with E-state index in [4.69, 9.17) is 45.6 Å². The van der Waals surface area contributed by atoms with E-state index in [2.05, 4.69) is 25.4 Å². The fourth-order valence-corrected chi connectivity index (χ4v) is 4.36. The van der Waals surface area contributed by atoms with E-state index < -0.39 is 17.9 Å². The molecule has 2 heterocycles. The van der Waals surface area contributed by atoms with Gasteiger partial charge in [-0.25, -0.2) is 14.5 Å². The van der Waals surface area contributed by atoms with Crippen LogP contribution in [0.3, 0.4) is 0 Å². The average molecular weight is 674 g/mol. The fraction of sp³-hybridized carbons (Fsp3) is 0.433. The van der Waals surface area contributed by atoms with Crippen molar-refractivity contribution in [1.29, 1.82) is 0 Å². The van der Waals surface area contributed by atoms with Gasteiger partial charge in [-0.15, -0.1) is 0 Å². The van der Waals surface area contributed by atoms with Crippen molar-refractivity contribution in [2.24, 2.45) is 12.2 Å². The number of azide groups is 1. The largest absolute Gasteiger partial charge is 0.494 e. The highest BCUT2D eigenvalue weighted by atomic mass is 35.5. The molecular formula is C30H36ClN7O9. The molecule has 0 radical (unpaired) electrons. The Morgan fingerprint density at radius 3 is 2.28 bits per heavy atom. The number of hydrogen-bond donors (Lipinski definition) is 1. The number of halogens is 1. The van der Waals surface area contributed by atoms with E-state index in [1.165, 1.54) is 37.2 Å². The number of benzene rings is 1. The van der Waals surface area contributed by atoms with Gasteiger partial charge in [0.2, 0.25) is 5.88 Å². The van der Waals surface area contributed by atoms with Crippen molar-refractivity contribution in [2.75, 3.05) is 67.0 Å². The van der Waals surface area contributed by atoms with E-state index in [9.17, 15) is 14.4 Å². The molecule has 2 aromatic heterocycles. The number of aromatic nitrogens is 3. The molecule has 0 spiro atoms. The molecule has 0 fully saturated rings. The maximum atomic E-state index is 13.1. The first-order valence-corrected chi connectivity index (χ1v) is 14.8. The molecule has 3 rings (SSSR count). The molecule has 1 aromatic carbocycles. The third-order valence-electron chi connectivity index (χ3n) is 6.48. The van der Waals surface area contributed by atoms with E-state index in [0.717, 1.165) is 0 Å². The van der Waals surface area contributed by atoms with Crippen molar-refractivity contribution >= 4 is 23.5 Å². The van der Waals surface area contributed by atoms with E-state index in [1.54, 1.807) is 31.3 Å². The lowest BCUT2D eigenvalue weighted by molar-refractivity contribution is -0.142. The van der Waals surface area contributed by atoms with Gasteiger partial charge >= 0.3 is 5.97 Å². The third-order valence-corrected chi connectivity index (χ3v) is 6.77. The van der Waals surface area contributed by atoms with Gasteiger partial charge in [-0.2, -0.15) is 5.10 Å². The topological polar surface area (TPSA) is 198 Å². The van der Waals surface area contributed by atoms with Gasteiger partial charge in [-0.3, -0.25) is 9.59 Å². The molecule has 0 unspecified atom stereocenters. The Balaban J connectivity index is 1.49. The number of hydrogen-bond acceptors (Lipinski definition) is 12. The average Bonchev–Trinajstić information content (AvgIpc) is 3.07. The minimum Gasteiger partial charge on any atom is -0.494 e. The molecule has 252 valence electrons. The minimum absolute atomic E-state index is 0.0408. The van der Waals surface area contributed by atoms with Gasteiger partial charge in [-0.1, -0.05) is 41.0 Å². The highest BCUT2D eigenvalue weighted by Crippen LogP contribution is 2.26. The first-order valence-electron chi connectivity index (χ1n) is 14.4. The zero-order valence-electron chi connectivity index (χ0n) is 26.2. The van der Waals surface area contributed by atoms with E-state index in [1.807, 2.05) is 0 Å². The number of ether oxygens (including phenoxy) is 6. The van der Waals surface area contributed by atoms with Gasteiger partial charge in [0, 0.05) is 31.0 Å². The van der Waals surface area contributed by atoms with Crippen molar-refractivity contribution in [3.8, 4) is 22.8 Å². The van der Waals surface area contributed by atoms with Crippen molar-refractivity contribution in [3.05, 3.63) is 79.7 Å². The molecule has 3 aromatic rings. The lowest BCUT2D eigenvalue weighted by Crippen LogP contribution is -2.43. The van der Waals surface area contributed by atoms with Crippen LogP contribution < -0.4 is 20.3 Å². The molecule has 17 heteroatoms. The molecule has 0 aliphatic rings. The number of nitrogens with zero attached hydrogens (tertiary/aromatic N) is 6. The van der Waals surface area contributed by atoms with Crippen LogP contribution in [0.15, 0.2) is 52.5 Å². The van der Waals surface area contributed by atoms with Crippen LogP contribution in [0.4, 0.5) is 0 Å². The summed E-state index contributed by atoms with van der Waals surface area (Å²) >= 11 is 6.27. The first kappa shape index (κ1) is 36.7. The second-order valence-corrected chi connectivity index (χ2v) is 9.95. The molecule has 0 aliphatic carbocycles. The van der Waals surface area contributed by atoms with Gasteiger partial charge in [0.25, 0.3) is 11.5 Å². The second kappa shape index (κ2) is 19.7. The summed E-state index contributed by atoms with van der Waals surface area (Å²) in [5.41, 5.74) is 9.54. The summed E-state index contributed by atoms with van der Waals surface area (Å²) in [6.07, 6.45) is 1.56. The maximum absolute atomic E-state index is 13.1. The molecule has 16 nitrogen and oxygen atoms in total. The lowest BCUT2D eigenvalue weighted by Gasteiger charge is -2.17. The normalized spacial score (nSPS) is 11.3. The molecule has 0 saturated carbocycles. The summed E-state index contributed by atoms with van der Waals surface area (Å²) < 4.78 is 33.0. The summed E-state index contributed by atoms with van der Waals surface area (Å²) in [5, 5.41) is 9.87. The van der Waals surface area contributed by atoms with Crippen molar-refractivity contribution < 1.29 is 38.0 Å². The molecule has 47 heavy (non-hydrogen) atoms. The highest BCUT2D eigenvalue weighted by molar-refractivity contribution is 6.32. The Labute approximate surface area is 275 Å². The summed E-state index contributed by atoms with van der Waals surface area (Å²) in [4.78, 5) is 45.0. The Morgan fingerprint density at radius 1 is 1.00 bits per heavy atom. The van der Waals surface area contributed by atoms with Gasteiger partial charge in [0.05, 0.1) is 71.2 Å². The molecule has 1 amide bonds. The fourth-order valence-electron chi connectivity index (χ4n) is 4.12. The predicted octanol–water partition coefficient (Wildman–Crippen LogP) is 2.76. The van der Waals surface area contributed by atoms with Gasteiger partial charge in [-0.05, 0) is 22.7 Å². The van der Waals surface area contributed by atoms with E-state index in [-0.39, 0.29) is 48.3 Å². The summed E-state index contributed by atoms with van der Waals surface area (Å²) in [6.45, 7) is 2.55.